The van der Waals surface area contributed by atoms with Crippen LogP contribution in [-0.4, -0.2) is 19.9 Å². The Bertz CT molecular complexity index is 2930. The Morgan fingerprint density at radius 1 is 0.320 bits per heavy atom. The Labute approximate surface area is 288 Å². The fourth-order valence-electron chi connectivity index (χ4n) is 7.45. The van der Waals surface area contributed by atoms with Gasteiger partial charge in [0.2, 0.25) is 0 Å². The van der Waals surface area contributed by atoms with Gasteiger partial charge in [0, 0.05) is 40.5 Å². The summed E-state index contributed by atoms with van der Waals surface area (Å²) in [5.41, 5.74) is 9.36. The van der Waals surface area contributed by atoms with Crippen LogP contribution < -0.4 is 0 Å². The van der Waals surface area contributed by atoms with Crippen molar-refractivity contribution in [3.63, 3.8) is 0 Å². The molecule has 50 heavy (non-hydrogen) atoms. The van der Waals surface area contributed by atoms with Crippen molar-refractivity contribution in [2.24, 2.45) is 0 Å². The number of hydrogen-bond donors (Lipinski definition) is 0. The molecule has 0 fully saturated rings. The van der Waals surface area contributed by atoms with E-state index in [0.29, 0.717) is 5.82 Å². The minimum atomic E-state index is 0.716. The highest BCUT2D eigenvalue weighted by atomic mass is 14.9. The molecule has 0 atom stereocenters. The zero-order chi connectivity index (χ0) is 33.0. The number of aromatic nitrogens is 4. The van der Waals surface area contributed by atoms with Crippen LogP contribution in [0.2, 0.25) is 0 Å². The standard InChI is InChI=1S/C46H28N4/c1-2-11-35-31(9-1)28-42(40-15-6-4-12-37(35)40)33-25-32(36-19-20-41(46-48-23-8-24-49-46)39-14-5-3-13-38(36)39)26-34(27-33)43-21-18-30-17-16-29-10-7-22-47-44(29)45(30)50-43/h1-28H. The molecule has 3 aromatic heterocycles. The molecular formula is C46H28N4. The minimum absolute atomic E-state index is 0.716. The van der Waals surface area contributed by atoms with Crippen LogP contribution in [0.3, 0.4) is 0 Å². The van der Waals surface area contributed by atoms with Gasteiger partial charge in [-0.1, -0.05) is 103 Å². The summed E-state index contributed by atoms with van der Waals surface area (Å²) in [5.74, 6) is 0.716. The second-order valence-corrected chi connectivity index (χ2v) is 12.7. The van der Waals surface area contributed by atoms with Crippen LogP contribution >= 0.6 is 0 Å². The Hall–Kier alpha value is -6.78. The van der Waals surface area contributed by atoms with E-state index in [-0.39, 0.29) is 0 Å². The molecule has 0 aliphatic carbocycles. The summed E-state index contributed by atoms with van der Waals surface area (Å²) in [7, 11) is 0. The molecule has 0 N–H and O–H groups in total. The first kappa shape index (κ1) is 28.3. The third-order valence-electron chi connectivity index (χ3n) is 9.78. The summed E-state index contributed by atoms with van der Waals surface area (Å²) >= 11 is 0. The lowest BCUT2D eigenvalue weighted by molar-refractivity contribution is 1.18. The molecule has 0 spiro atoms. The van der Waals surface area contributed by atoms with E-state index >= 15 is 0 Å². The first-order valence-electron chi connectivity index (χ1n) is 16.8. The first-order valence-corrected chi connectivity index (χ1v) is 16.8. The highest BCUT2D eigenvalue weighted by Crippen LogP contribution is 2.41. The number of nitrogens with zero attached hydrogens (tertiary/aromatic N) is 4. The van der Waals surface area contributed by atoms with E-state index in [2.05, 4.69) is 149 Å². The van der Waals surface area contributed by atoms with E-state index in [9.17, 15) is 0 Å². The highest BCUT2D eigenvalue weighted by molar-refractivity contribution is 6.14. The SMILES string of the molecule is c1cnc(-c2ccc(-c3cc(-c4ccc5ccc6cccnc6c5n4)cc(-c4cc5ccccc5c5ccccc45)c3)c3ccccc23)nc1. The van der Waals surface area contributed by atoms with Crippen LogP contribution in [-0.2, 0) is 0 Å². The van der Waals surface area contributed by atoms with E-state index in [1.165, 1.54) is 27.1 Å². The molecule has 0 radical (unpaired) electrons. The quantitative estimate of drug-likeness (QED) is 0.180. The third-order valence-corrected chi connectivity index (χ3v) is 9.78. The van der Waals surface area contributed by atoms with E-state index < -0.39 is 0 Å². The molecule has 4 heteroatoms. The molecule has 0 saturated heterocycles. The largest absolute Gasteiger partial charge is 0.254 e. The van der Waals surface area contributed by atoms with Gasteiger partial charge in [0.1, 0.15) is 0 Å². The van der Waals surface area contributed by atoms with Crippen molar-refractivity contribution >= 4 is 54.1 Å². The summed E-state index contributed by atoms with van der Waals surface area (Å²) in [5, 5.41) is 9.34. The van der Waals surface area contributed by atoms with E-state index in [1.807, 2.05) is 18.3 Å². The molecule has 7 aromatic carbocycles. The summed E-state index contributed by atoms with van der Waals surface area (Å²) in [6, 6.07) is 54.0. The van der Waals surface area contributed by atoms with Gasteiger partial charge in [-0.15, -0.1) is 0 Å². The molecular weight excluding hydrogens is 609 g/mol. The highest BCUT2D eigenvalue weighted by Gasteiger charge is 2.16. The zero-order valence-electron chi connectivity index (χ0n) is 27.0. The normalized spacial score (nSPS) is 11.6. The predicted molar refractivity (Wildman–Crippen MR) is 207 cm³/mol. The van der Waals surface area contributed by atoms with Gasteiger partial charge < -0.3 is 0 Å². The van der Waals surface area contributed by atoms with Gasteiger partial charge in [0.25, 0.3) is 0 Å². The molecule has 0 aliphatic rings. The molecule has 0 bridgehead atoms. The van der Waals surface area contributed by atoms with Gasteiger partial charge in [0.05, 0.1) is 16.7 Å². The van der Waals surface area contributed by atoms with Crippen molar-refractivity contribution in [2.75, 3.05) is 0 Å². The fraction of sp³-hybridized carbons (Fsp3) is 0. The van der Waals surface area contributed by atoms with E-state index in [4.69, 9.17) is 9.97 Å². The molecule has 0 saturated carbocycles. The van der Waals surface area contributed by atoms with Gasteiger partial charge >= 0.3 is 0 Å². The van der Waals surface area contributed by atoms with Crippen LogP contribution in [0.5, 0.6) is 0 Å². The maximum atomic E-state index is 5.29. The Balaban J connectivity index is 1.26. The van der Waals surface area contributed by atoms with Crippen molar-refractivity contribution in [3.8, 4) is 44.9 Å². The van der Waals surface area contributed by atoms with Gasteiger partial charge in [-0.25, -0.2) is 15.0 Å². The Morgan fingerprint density at radius 3 is 1.68 bits per heavy atom. The number of hydrogen-bond acceptors (Lipinski definition) is 4. The number of pyridine rings is 2. The summed E-state index contributed by atoms with van der Waals surface area (Å²) in [6.07, 6.45) is 5.43. The lowest BCUT2D eigenvalue weighted by atomic mass is 9.88. The zero-order valence-corrected chi connectivity index (χ0v) is 27.0. The molecule has 10 rings (SSSR count). The monoisotopic (exact) mass is 636 g/mol. The molecule has 0 unspecified atom stereocenters. The molecule has 4 nitrogen and oxygen atoms in total. The van der Waals surface area contributed by atoms with E-state index in [1.54, 1.807) is 12.4 Å². The van der Waals surface area contributed by atoms with Crippen LogP contribution in [0.25, 0.3) is 99.0 Å². The van der Waals surface area contributed by atoms with Crippen molar-refractivity contribution < 1.29 is 0 Å². The lowest BCUT2D eigenvalue weighted by Gasteiger charge is -2.16. The second kappa shape index (κ2) is 11.4. The topological polar surface area (TPSA) is 51.6 Å². The number of fused-ring (bicyclic) bond motifs is 7. The summed E-state index contributed by atoms with van der Waals surface area (Å²) < 4.78 is 0. The lowest BCUT2D eigenvalue weighted by Crippen LogP contribution is -1.93. The van der Waals surface area contributed by atoms with Crippen LogP contribution in [0.1, 0.15) is 0 Å². The molecule has 0 aliphatic heterocycles. The average Bonchev–Trinajstić information content (AvgIpc) is 3.20. The van der Waals surface area contributed by atoms with Crippen molar-refractivity contribution in [2.45, 2.75) is 0 Å². The van der Waals surface area contributed by atoms with Crippen LogP contribution in [0, 0.1) is 0 Å². The number of rotatable bonds is 4. The Kier molecular flexibility index (Phi) is 6.46. The predicted octanol–water partition coefficient (Wildman–Crippen LogP) is 11.7. The second-order valence-electron chi connectivity index (χ2n) is 12.7. The van der Waals surface area contributed by atoms with Crippen LogP contribution in [0.15, 0.2) is 170 Å². The minimum Gasteiger partial charge on any atom is -0.254 e. The fourth-order valence-corrected chi connectivity index (χ4v) is 7.45. The van der Waals surface area contributed by atoms with E-state index in [0.717, 1.165) is 66.1 Å². The van der Waals surface area contributed by atoms with Gasteiger partial charge in [0.15, 0.2) is 5.82 Å². The summed E-state index contributed by atoms with van der Waals surface area (Å²) in [6.45, 7) is 0. The maximum Gasteiger partial charge on any atom is 0.159 e. The van der Waals surface area contributed by atoms with Gasteiger partial charge in [-0.3, -0.25) is 4.98 Å². The number of benzene rings is 7. The van der Waals surface area contributed by atoms with Crippen molar-refractivity contribution in [3.05, 3.63) is 170 Å². The van der Waals surface area contributed by atoms with Gasteiger partial charge in [-0.2, -0.15) is 0 Å². The molecule has 0 amide bonds. The first-order chi connectivity index (χ1) is 24.8. The molecule has 232 valence electrons. The van der Waals surface area contributed by atoms with Crippen molar-refractivity contribution in [1.29, 1.82) is 0 Å². The average molecular weight is 637 g/mol. The molecule has 3 heterocycles. The maximum absolute atomic E-state index is 5.29. The smallest absolute Gasteiger partial charge is 0.159 e. The Morgan fingerprint density at radius 2 is 0.880 bits per heavy atom. The summed E-state index contributed by atoms with van der Waals surface area (Å²) in [4.78, 5) is 19.2. The van der Waals surface area contributed by atoms with Gasteiger partial charge in [-0.05, 0) is 103 Å². The van der Waals surface area contributed by atoms with Crippen molar-refractivity contribution in [1.82, 2.24) is 19.9 Å². The molecule has 10 aromatic rings. The van der Waals surface area contributed by atoms with Crippen LogP contribution in [0.4, 0.5) is 0 Å². The third kappa shape index (κ3) is 4.61.